The lowest BCUT2D eigenvalue weighted by Gasteiger charge is -2.25. The topological polar surface area (TPSA) is 21.1 Å². The molecule has 0 spiro atoms. The number of aryl methyl sites for hydroxylation is 1. The maximum Gasteiger partial charge on any atom is 0.0489 e. The second-order valence-electron chi connectivity index (χ2n) is 6.46. The maximum absolute atomic E-state index is 6.32. The van der Waals surface area contributed by atoms with Crippen molar-refractivity contribution in [2.24, 2.45) is 0 Å². The minimum atomic E-state index is 0.668. The molecule has 4 heteroatoms. The first-order valence-corrected chi connectivity index (χ1v) is 9.15. The zero-order valence-electron chi connectivity index (χ0n) is 13.7. The molecule has 3 rings (SSSR count). The molecule has 1 aliphatic rings. The smallest absolute Gasteiger partial charge is 0.0489 e. The Morgan fingerprint density at radius 1 is 1.09 bits per heavy atom. The van der Waals surface area contributed by atoms with Crippen LogP contribution in [0.5, 0.6) is 0 Å². The lowest BCUT2D eigenvalue weighted by atomic mass is 10.0. The molecule has 0 N–H and O–H groups in total. The van der Waals surface area contributed by atoms with E-state index in [2.05, 4.69) is 22.1 Å². The summed E-state index contributed by atoms with van der Waals surface area (Å²) in [5, 5.41) is 5.17. The molecular formula is C19H26ClN3. The largest absolute Gasteiger partial charge is 0.300 e. The first-order valence-electron chi connectivity index (χ1n) is 8.78. The van der Waals surface area contributed by atoms with Gasteiger partial charge in [0.1, 0.15) is 0 Å². The molecule has 23 heavy (non-hydrogen) atoms. The Kier molecular flexibility index (Phi) is 6.12. The van der Waals surface area contributed by atoms with Gasteiger partial charge >= 0.3 is 0 Å². The molecule has 1 fully saturated rings. The number of rotatable bonds is 8. The van der Waals surface area contributed by atoms with Crippen LogP contribution in [0.4, 0.5) is 0 Å². The third-order valence-corrected chi connectivity index (χ3v) is 5.17. The van der Waals surface area contributed by atoms with Crippen LogP contribution in [0.25, 0.3) is 0 Å². The van der Waals surface area contributed by atoms with Crippen molar-refractivity contribution in [3.8, 4) is 0 Å². The fourth-order valence-electron chi connectivity index (χ4n) is 3.54. The predicted octanol–water partition coefficient (Wildman–Crippen LogP) is 4.41. The van der Waals surface area contributed by atoms with E-state index in [1.165, 1.54) is 50.8 Å². The minimum absolute atomic E-state index is 0.668. The summed E-state index contributed by atoms with van der Waals surface area (Å²) in [6, 6.07) is 10.9. The van der Waals surface area contributed by atoms with Crippen LogP contribution in [0.1, 0.15) is 37.7 Å². The zero-order chi connectivity index (χ0) is 15.9. The van der Waals surface area contributed by atoms with Gasteiger partial charge in [0, 0.05) is 30.0 Å². The summed E-state index contributed by atoms with van der Waals surface area (Å²) < 4.78 is 2.02. The molecule has 2 heterocycles. The average molecular weight is 332 g/mol. The van der Waals surface area contributed by atoms with Crippen LogP contribution >= 0.6 is 11.6 Å². The third-order valence-electron chi connectivity index (χ3n) is 4.80. The molecule has 124 valence electrons. The zero-order valence-corrected chi connectivity index (χ0v) is 14.5. The Balaban J connectivity index is 1.39. The van der Waals surface area contributed by atoms with Crippen molar-refractivity contribution in [2.75, 3.05) is 13.1 Å². The molecule has 1 aromatic heterocycles. The van der Waals surface area contributed by atoms with Crippen LogP contribution in [0, 0.1) is 0 Å². The predicted molar refractivity (Wildman–Crippen MR) is 95.8 cm³/mol. The highest BCUT2D eigenvalue weighted by Crippen LogP contribution is 2.25. The van der Waals surface area contributed by atoms with Crippen molar-refractivity contribution in [2.45, 2.75) is 51.1 Å². The van der Waals surface area contributed by atoms with Gasteiger partial charge < -0.3 is 4.90 Å². The van der Waals surface area contributed by atoms with Crippen molar-refractivity contribution >= 4 is 11.6 Å². The van der Waals surface area contributed by atoms with Crippen LogP contribution in [0.3, 0.4) is 0 Å². The Morgan fingerprint density at radius 2 is 1.96 bits per heavy atom. The van der Waals surface area contributed by atoms with E-state index in [-0.39, 0.29) is 0 Å². The quantitative estimate of drug-likeness (QED) is 0.668. The van der Waals surface area contributed by atoms with Gasteiger partial charge in [-0.2, -0.15) is 5.10 Å². The summed E-state index contributed by atoms with van der Waals surface area (Å²) in [6.07, 6.45) is 11.4. The van der Waals surface area contributed by atoms with Gasteiger partial charge in [0.2, 0.25) is 0 Å². The molecule has 0 aliphatic carbocycles. The molecule has 0 radical (unpaired) electrons. The second-order valence-corrected chi connectivity index (χ2v) is 6.86. The fraction of sp³-hybridized carbons (Fsp3) is 0.526. The molecule has 1 aromatic carbocycles. The van der Waals surface area contributed by atoms with Gasteiger partial charge in [0.05, 0.1) is 0 Å². The van der Waals surface area contributed by atoms with Gasteiger partial charge in [0.15, 0.2) is 0 Å². The minimum Gasteiger partial charge on any atom is -0.300 e. The van der Waals surface area contributed by atoms with Crippen molar-refractivity contribution in [1.29, 1.82) is 0 Å². The van der Waals surface area contributed by atoms with E-state index < -0.39 is 0 Å². The summed E-state index contributed by atoms with van der Waals surface area (Å²) >= 11 is 6.32. The van der Waals surface area contributed by atoms with Gasteiger partial charge in [-0.15, -0.1) is 0 Å². The molecule has 0 saturated carbocycles. The van der Waals surface area contributed by atoms with E-state index in [0.717, 1.165) is 18.0 Å². The summed E-state index contributed by atoms with van der Waals surface area (Å²) in [5.41, 5.74) is 1.30. The SMILES string of the molecule is Clc1ccccc1CC1CCCN1CCCCCn1cccn1. The highest BCUT2D eigenvalue weighted by atomic mass is 35.5. The standard InChI is InChI=1S/C19H26ClN3/c20-19-10-3-2-8-17(19)16-18-9-6-13-22(18)12-4-1-5-14-23-15-7-11-21-23/h2-3,7-8,10-11,15,18H,1,4-6,9,12-14,16H2. The van der Waals surface area contributed by atoms with E-state index >= 15 is 0 Å². The Bertz CT molecular complexity index is 582. The van der Waals surface area contributed by atoms with Crippen molar-refractivity contribution < 1.29 is 0 Å². The van der Waals surface area contributed by atoms with E-state index in [9.17, 15) is 0 Å². The van der Waals surface area contributed by atoms with Crippen LogP contribution < -0.4 is 0 Å². The molecular weight excluding hydrogens is 306 g/mol. The second kappa shape index (κ2) is 8.51. The van der Waals surface area contributed by atoms with Gasteiger partial charge in [-0.05, 0) is 62.9 Å². The van der Waals surface area contributed by atoms with Crippen LogP contribution in [-0.2, 0) is 13.0 Å². The molecule has 3 nitrogen and oxygen atoms in total. The normalized spacial score (nSPS) is 18.6. The first kappa shape index (κ1) is 16.5. The van der Waals surface area contributed by atoms with E-state index in [1.807, 2.05) is 35.3 Å². The number of unbranched alkanes of at least 4 members (excludes halogenated alkanes) is 2. The van der Waals surface area contributed by atoms with Gasteiger partial charge in [-0.1, -0.05) is 36.2 Å². The number of benzene rings is 1. The Hall–Kier alpha value is -1.32. The van der Waals surface area contributed by atoms with Crippen molar-refractivity contribution in [3.63, 3.8) is 0 Å². The van der Waals surface area contributed by atoms with Gasteiger partial charge in [0.25, 0.3) is 0 Å². The highest BCUT2D eigenvalue weighted by Gasteiger charge is 2.24. The summed E-state index contributed by atoms with van der Waals surface area (Å²) in [6.45, 7) is 3.50. The number of aromatic nitrogens is 2. The van der Waals surface area contributed by atoms with Crippen LogP contribution in [0.15, 0.2) is 42.7 Å². The summed E-state index contributed by atoms with van der Waals surface area (Å²) in [7, 11) is 0. The van der Waals surface area contributed by atoms with E-state index in [0.29, 0.717) is 6.04 Å². The van der Waals surface area contributed by atoms with E-state index in [4.69, 9.17) is 11.6 Å². The molecule has 2 aromatic rings. The summed E-state index contributed by atoms with van der Waals surface area (Å²) in [5.74, 6) is 0. The molecule has 1 unspecified atom stereocenters. The number of hydrogen-bond donors (Lipinski definition) is 0. The molecule has 1 atom stereocenters. The van der Waals surface area contributed by atoms with Crippen LogP contribution in [0.2, 0.25) is 5.02 Å². The van der Waals surface area contributed by atoms with Gasteiger partial charge in [-0.25, -0.2) is 0 Å². The Labute approximate surface area is 144 Å². The lowest BCUT2D eigenvalue weighted by molar-refractivity contribution is 0.246. The van der Waals surface area contributed by atoms with Gasteiger partial charge in [-0.3, -0.25) is 4.68 Å². The third kappa shape index (κ3) is 4.82. The van der Waals surface area contributed by atoms with E-state index in [1.54, 1.807) is 0 Å². The molecule has 1 aliphatic heterocycles. The maximum atomic E-state index is 6.32. The molecule has 1 saturated heterocycles. The Morgan fingerprint density at radius 3 is 2.78 bits per heavy atom. The lowest BCUT2D eigenvalue weighted by Crippen LogP contribution is -2.32. The highest BCUT2D eigenvalue weighted by molar-refractivity contribution is 6.31. The molecule has 0 bridgehead atoms. The average Bonchev–Trinajstić information content (AvgIpc) is 3.21. The summed E-state index contributed by atoms with van der Waals surface area (Å²) in [4.78, 5) is 2.66. The van der Waals surface area contributed by atoms with Crippen LogP contribution in [-0.4, -0.2) is 33.8 Å². The monoisotopic (exact) mass is 331 g/mol. The van der Waals surface area contributed by atoms with Crippen molar-refractivity contribution in [1.82, 2.24) is 14.7 Å². The number of halogens is 1. The van der Waals surface area contributed by atoms with Crippen molar-refractivity contribution in [3.05, 3.63) is 53.3 Å². The fourth-order valence-corrected chi connectivity index (χ4v) is 3.75. The number of likely N-dealkylation sites (tertiary alicyclic amines) is 1. The number of nitrogens with zero attached hydrogens (tertiary/aromatic N) is 3. The first-order chi connectivity index (χ1) is 11.3. The number of hydrogen-bond acceptors (Lipinski definition) is 2. The molecule has 0 amide bonds.